The molecule has 4 nitrogen and oxygen atoms in total. The molecule has 0 saturated heterocycles. The van der Waals surface area contributed by atoms with Gasteiger partial charge in [-0.3, -0.25) is 9.59 Å². The molecule has 1 heterocycles. The Morgan fingerprint density at radius 1 is 1.21 bits per heavy atom. The third-order valence-corrected chi connectivity index (χ3v) is 5.04. The van der Waals surface area contributed by atoms with Crippen LogP contribution in [-0.4, -0.2) is 30.8 Å². The standard InChI is InChI=1S/C19H24N2O2S/c1-5-6-16-11-17(24-13(16)2)19(23)21(4)12-14-7-9-15(10-8-14)18(22)20-3/h7-11H,5-6,12H2,1-4H3,(H,20,22). The Kier molecular flexibility index (Phi) is 6.15. The number of hydrogen-bond acceptors (Lipinski definition) is 3. The zero-order valence-corrected chi connectivity index (χ0v) is 15.5. The van der Waals surface area contributed by atoms with E-state index in [1.54, 1.807) is 35.4 Å². The van der Waals surface area contributed by atoms with Crippen molar-refractivity contribution < 1.29 is 9.59 Å². The average molecular weight is 344 g/mol. The van der Waals surface area contributed by atoms with Crippen LogP contribution in [0.1, 0.15) is 49.4 Å². The number of carbonyl (C=O) groups is 2. The van der Waals surface area contributed by atoms with Crippen LogP contribution in [0.15, 0.2) is 30.3 Å². The van der Waals surface area contributed by atoms with E-state index in [1.807, 2.05) is 25.2 Å². The molecule has 0 unspecified atom stereocenters. The van der Waals surface area contributed by atoms with E-state index in [4.69, 9.17) is 0 Å². The lowest BCUT2D eigenvalue weighted by Crippen LogP contribution is -2.25. The van der Waals surface area contributed by atoms with Crippen molar-refractivity contribution in [2.45, 2.75) is 33.2 Å². The summed E-state index contributed by atoms with van der Waals surface area (Å²) in [5.41, 5.74) is 2.89. The van der Waals surface area contributed by atoms with Crippen molar-refractivity contribution in [3.63, 3.8) is 0 Å². The summed E-state index contributed by atoms with van der Waals surface area (Å²) in [6.45, 7) is 4.74. The third-order valence-electron chi connectivity index (χ3n) is 3.96. The van der Waals surface area contributed by atoms with Gasteiger partial charge in [-0.2, -0.15) is 0 Å². The van der Waals surface area contributed by atoms with Crippen LogP contribution in [0, 0.1) is 6.92 Å². The molecule has 0 radical (unpaired) electrons. The van der Waals surface area contributed by atoms with E-state index >= 15 is 0 Å². The van der Waals surface area contributed by atoms with Crippen molar-refractivity contribution in [3.8, 4) is 0 Å². The molecule has 24 heavy (non-hydrogen) atoms. The molecule has 1 aromatic carbocycles. The largest absolute Gasteiger partial charge is 0.355 e. The first-order valence-corrected chi connectivity index (χ1v) is 8.93. The number of thiophene rings is 1. The Morgan fingerprint density at radius 2 is 1.88 bits per heavy atom. The summed E-state index contributed by atoms with van der Waals surface area (Å²) in [6.07, 6.45) is 2.10. The summed E-state index contributed by atoms with van der Waals surface area (Å²) in [5.74, 6) is -0.0654. The second kappa shape index (κ2) is 8.11. The van der Waals surface area contributed by atoms with E-state index in [9.17, 15) is 9.59 Å². The van der Waals surface area contributed by atoms with Crippen LogP contribution in [0.4, 0.5) is 0 Å². The molecule has 0 bridgehead atoms. The second-order valence-electron chi connectivity index (χ2n) is 5.88. The average Bonchev–Trinajstić information content (AvgIpc) is 2.95. The number of hydrogen-bond donors (Lipinski definition) is 1. The Labute approximate surface area is 147 Å². The molecule has 0 aliphatic rings. The highest BCUT2D eigenvalue weighted by Gasteiger charge is 2.16. The van der Waals surface area contributed by atoms with Gasteiger partial charge >= 0.3 is 0 Å². The van der Waals surface area contributed by atoms with Gasteiger partial charge in [-0.05, 0) is 42.7 Å². The Morgan fingerprint density at radius 3 is 2.46 bits per heavy atom. The Hall–Kier alpha value is -2.14. The van der Waals surface area contributed by atoms with Crippen molar-refractivity contribution in [3.05, 3.63) is 56.8 Å². The molecule has 2 aromatic rings. The fourth-order valence-corrected chi connectivity index (χ4v) is 3.65. The minimum atomic E-state index is -0.108. The van der Waals surface area contributed by atoms with E-state index in [-0.39, 0.29) is 11.8 Å². The molecule has 0 atom stereocenters. The van der Waals surface area contributed by atoms with Crippen LogP contribution < -0.4 is 5.32 Å². The van der Waals surface area contributed by atoms with Gasteiger partial charge in [0.25, 0.3) is 11.8 Å². The normalized spacial score (nSPS) is 10.5. The molecule has 0 spiro atoms. The molecular weight excluding hydrogens is 320 g/mol. The van der Waals surface area contributed by atoms with Gasteiger partial charge in [-0.1, -0.05) is 25.5 Å². The highest BCUT2D eigenvalue weighted by molar-refractivity contribution is 7.14. The predicted octanol–water partition coefficient (Wildman–Crippen LogP) is 3.64. The van der Waals surface area contributed by atoms with E-state index < -0.39 is 0 Å². The highest BCUT2D eigenvalue weighted by Crippen LogP contribution is 2.24. The first-order chi connectivity index (χ1) is 11.5. The van der Waals surface area contributed by atoms with Crippen molar-refractivity contribution >= 4 is 23.2 Å². The lowest BCUT2D eigenvalue weighted by molar-refractivity contribution is 0.0789. The minimum absolute atomic E-state index is 0.0424. The van der Waals surface area contributed by atoms with Gasteiger partial charge in [0.1, 0.15) is 0 Å². The summed E-state index contributed by atoms with van der Waals surface area (Å²) in [4.78, 5) is 27.9. The molecule has 0 aliphatic carbocycles. The number of nitrogens with one attached hydrogen (secondary N) is 1. The number of benzene rings is 1. The first-order valence-electron chi connectivity index (χ1n) is 8.12. The molecule has 2 rings (SSSR count). The molecule has 128 valence electrons. The van der Waals surface area contributed by atoms with Crippen molar-refractivity contribution in [1.29, 1.82) is 0 Å². The lowest BCUT2D eigenvalue weighted by Gasteiger charge is -2.16. The number of amides is 2. The predicted molar refractivity (Wildman–Crippen MR) is 98.7 cm³/mol. The quantitative estimate of drug-likeness (QED) is 0.870. The van der Waals surface area contributed by atoms with Gasteiger partial charge in [0.05, 0.1) is 4.88 Å². The summed E-state index contributed by atoms with van der Waals surface area (Å²) >= 11 is 1.57. The van der Waals surface area contributed by atoms with Gasteiger partial charge in [0.15, 0.2) is 0 Å². The smallest absolute Gasteiger partial charge is 0.263 e. The molecular formula is C19H24N2O2S. The van der Waals surface area contributed by atoms with Crippen LogP contribution in [0.2, 0.25) is 0 Å². The second-order valence-corrected chi connectivity index (χ2v) is 7.14. The molecule has 0 saturated carbocycles. The fourth-order valence-electron chi connectivity index (χ4n) is 2.58. The van der Waals surface area contributed by atoms with E-state index in [2.05, 4.69) is 19.2 Å². The molecule has 5 heteroatoms. The zero-order chi connectivity index (χ0) is 17.7. The van der Waals surface area contributed by atoms with Crippen LogP contribution in [0.3, 0.4) is 0 Å². The van der Waals surface area contributed by atoms with Crippen LogP contribution in [0.25, 0.3) is 0 Å². The summed E-state index contributed by atoms with van der Waals surface area (Å²) in [6, 6.07) is 9.35. The Bertz CT molecular complexity index is 719. The monoisotopic (exact) mass is 344 g/mol. The molecule has 1 aromatic heterocycles. The van der Waals surface area contributed by atoms with Crippen molar-refractivity contribution in [1.82, 2.24) is 10.2 Å². The van der Waals surface area contributed by atoms with Gasteiger partial charge in [-0.25, -0.2) is 0 Å². The lowest BCUT2D eigenvalue weighted by atomic mass is 10.1. The van der Waals surface area contributed by atoms with Crippen molar-refractivity contribution in [2.24, 2.45) is 0 Å². The number of rotatable bonds is 6. The Balaban J connectivity index is 2.06. The summed E-state index contributed by atoms with van der Waals surface area (Å²) in [5, 5.41) is 2.60. The fraction of sp³-hybridized carbons (Fsp3) is 0.368. The molecule has 0 fully saturated rings. The van der Waals surface area contributed by atoms with Gasteiger partial charge in [-0.15, -0.1) is 11.3 Å². The molecule has 2 amide bonds. The number of carbonyl (C=O) groups excluding carboxylic acids is 2. The topological polar surface area (TPSA) is 49.4 Å². The minimum Gasteiger partial charge on any atom is -0.355 e. The molecule has 1 N–H and O–H groups in total. The zero-order valence-electron chi connectivity index (χ0n) is 14.7. The maximum Gasteiger partial charge on any atom is 0.263 e. The number of aryl methyl sites for hydroxylation is 2. The maximum atomic E-state index is 12.6. The van der Waals surface area contributed by atoms with Crippen LogP contribution >= 0.6 is 11.3 Å². The first kappa shape index (κ1) is 18.2. The summed E-state index contributed by atoms with van der Waals surface area (Å²) < 4.78 is 0. The molecule has 0 aliphatic heterocycles. The van der Waals surface area contributed by atoms with Crippen LogP contribution in [-0.2, 0) is 13.0 Å². The van der Waals surface area contributed by atoms with Crippen molar-refractivity contribution in [2.75, 3.05) is 14.1 Å². The maximum absolute atomic E-state index is 12.6. The van der Waals surface area contributed by atoms with Gasteiger partial charge in [0, 0.05) is 31.1 Å². The third kappa shape index (κ3) is 4.23. The van der Waals surface area contributed by atoms with E-state index in [1.165, 1.54) is 10.4 Å². The van der Waals surface area contributed by atoms with Crippen LogP contribution in [0.5, 0.6) is 0 Å². The van der Waals surface area contributed by atoms with Gasteiger partial charge < -0.3 is 10.2 Å². The van der Waals surface area contributed by atoms with Gasteiger partial charge in [0.2, 0.25) is 0 Å². The van der Waals surface area contributed by atoms with E-state index in [0.29, 0.717) is 12.1 Å². The number of nitrogens with zero attached hydrogens (tertiary/aromatic N) is 1. The van der Waals surface area contributed by atoms with E-state index in [0.717, 1.165) is 23.3 Å². The highest BCUT2D eigenvalue weighted by atomic mass is 32.1. The SMILES string of the molecule is CCCc1cc(C(=O)N(C)Cc2ccc(C(=O)NC)cc2)sc1C. The summed E-state index contributed by atoms with van der Waals surface area (Å²) in [7, 11) is 3.42.